The average Bonchev–Trinajstić information content (AvgIpc) is 3.31. The maximum absolute atomic E-state index is 12.7. The molecule has 0 fully saturated rings. The maximum atomic E-state index is 12.7. The Hall–Kier alpha value is -3.24. The van der Waals surface area contributed by atoms with Gasteiger partial charge in [0.1, 0.15) is 0 Å². The first-order valence-electron chi connectivity index (χ1n) is 8.91. The van der Waals surface area contributed by atoms with E-state index in [1.807, 2.05) is 11.5 Å². The van der Waals surface area contributed by atoms with Crippen LogP contribution >= 0.6 is 11.3 Å². The van der Waals surface area contributed by atoms with Crippen LogP contribution in [0.3, 0.4) is 0 Å². The highest BCUT2D eigenvalue weighted by atomic mass is 32.1. The third-order valence-corrected chi connectivity index (χ3v) is 5.40. The summed E-state index contributed by atoms with van der Waals surface area (Å²) in [5.74, 6) is 0.652. The van der Waals surface area contributed by atoms with Gasteiger partial charge in [-0.05, 0) is 31.2 Å². The number of hydrogen-bond donors (Lipinski definition) is 0. The zero-order chi connectivity index (χ0) is 20.4. The molecule has 2 aromatic carbocycles. The van der Waals surface area contributed by atoms with Gasteiger partial charge in [-0.2, -0.15) is 4.99 Å². The zero-order valence-corrected chi connectivity index (χ0v) is 16.3. The molecule has 1 aromatic heterocycles. The minimum Gasteiger partial charge on any atom is -0.454 e. The van der Waals surface area contributed by atoms with Gasteiger partial charge in [-0.3, -0.25) is 14.9 Å². The Balaban J connectivity index is 1.76. The highest BCUT2D eigenvalue weighted by Gasteiger charge is 2.17. The highest BCUT2D eigenvalue weighted by Crippen LogP contribution is 2.32. The number of rotatable bonds is 6. The van der Waals surface area contributed by atoms with Crippen LogP contribution in [0.25, 0.3) is 10.2 Å². The molecule has 1 aliphatic rings. The SMILES string of the molecule is CCOCCn1c(=NC(=O)c2ccc3c(c2)OCO3)sc2cc([N+](=O)[O-])ccc21. The van der Waals surface area contributed by atoms with E-state index in [4.69, 9.17) is 14.2 Å². The predicted molar refractivity (Wildman–Crippen MR) is 105 cm³/mol. The molecular weight excluding hydrogens is 398 g/mol. The number of ether oxygens (including phenoxy) is 3. The molecule has 9 nitrogen and oxygen atoms in total. The topological polar surface area (TPSA) is 105 Å². The van der Waals surface area contributed by atoms with Crippen molar-refractivity contribution >= 4 is 33.1 Å². The van der Waals surface area contributed by atoms with E-state index in [0.717, 1.165) is 5.52 Å². The molecule has 1 aliphatic heterocycles. The molecule has 150 valence electrons. The van der Waals surface area contributed by atoms with Crippen molar-refractivity contribution in [3.63, 3.8) is 0 Å². The molecule has 2 heterocycles. The van der Waals surface area contributed by atoms with E-state index >= 15 is 0 Å². The number of hydrogen-bond acceptors (Lipinski definition) is 7. The number of nitro benzene ring substituents is 1. The number of nitro groups is 1. The van der Waals surface area contributed by atoms with Gasteiger partial charge in [0, 0.05) is 30.8 Å². The normalized spacial score (nSPS) is 13.2. The van der Waals surface area contributed by atoms with Gasteiger partial charge < -0.3 is 18.8 Å². The number of non-ortho nitro benzene ring substituents is 1. The minimum absolute atomic E-state index is 0.00986. The third-order valence-electron chi connectivity index (χ3n) is 4.36. The summed E-state index contributed by atoms with van der Waals surface area (Å²) in [5, 5.41) is 11.1. The van der Waals surface area contributed by atoms with Crippen molar-refractivity contribution in [1.29, 1.82) is 0 Å². The number of thiazole rings is 1. The van der Waals surface area contributed by atoms with E-state index in [0.29, 0.717) is 46.3 Å². The summed E-state index contributed by atoms with van der Waals surface area (Å²) in [6, 6.07) is 9.48. The van der Waals surface area contributed by atoms with E-state index < -0.39 is 10.8 Å². The number of fused-ring (bicyclic) bond motifs is 2. The summed E-state index contributed by atoms with van der Waals surface area (Å²) in [5.41, 5.74) is 1.12. The van der Waals surface area contributed by atoms with Gasteiger partial charge in [-0.1, -0.05) is 11.3 Å². The van der Waals surface area contributed by atoms with Crippen LogP contribution in [0.2, 0.25) is 0 Å². The maximum Gasteiger partial charge on any atom is 0.279 e. The Morgan fingerprint density at radius 2 is 2.10 bits per heavy atom. The van der Waals surface area contributed by atoms with Crippen molar-refractivity contribution in [3.05, 3.63) is 56.9 Å². The standard InChI is InChI=1S/C19H17N3O6S/c1-2-26-8-7-21-14-5-4-13(22(24)25)10-17(14)29-19(21)20-18(23)12-3-6-15-16(9-12)28-11-27-15/h3-6,9-10H,2,7-8,11H2,1H3. The lowest BCUT2D eigenvalue weighted by atomic mass is 10.2. The molecule has 0 saturated carbocycles. The Bertz CT molecular complexity index is 1170. The van der Waals surface area contributed by atoms with Crippen LogP contribution in [0.15, 0.2) is 41.4 Å². The molecule has 0 bridgehead atoms. The summed E-state index contributed by atoms with van der Waals surface area (Å²) in [4.78, 5) is 28.1. The van der Waals surface area contributed by atoms with Crippen LogP contribution in [-0.2, 0) is 11.3 Å². The van der Waals surface area contributed by atoms with Gasteiger partial charge in [-0.25, -0.2) is 0 Å². The lowest BCUT2D eigenvalue weighted by Crippen LogP contribution is -2.19. The van der Waals surface area contributed by atoms with Gasteiger partial charge in [0.15, 0.2) is 16.3 Å². The van der Waals surface area contributed by atoms with E-state index in [1.165, 1.54) is 23.5 Å². The van der Waals surface area contributed by atoms with E-state index in [2.05, 4.69) is 4.99 Å². The van der Waals surface area contributed by atoms with E-state index in [9.17, 15) is 14.9 Å². The molecule has 0 N–H and O–H groups in total. The Morgan fingerprint density at radius 1 is 1.28 bits per heavy atom. The van der Waals surface area contributed by atoms with Gasteiger partial charge in [0.2, 0.25) is 6.79 Å². The van der Waals surface area contributed by atoms with E-state index in [1.54, 1.807) is 24.3 Å². The first kappa shape index (κ1) is 19.1. The first-order valence-corrected chi connectivity index (χ1v) is 9.72. The highest BCUT2D eigenvalue weighted by molar-refractivity contribution is 7.16. The second kappa shape index (κ2) is 8.02. The van der Waals surface area contributed by atoms with Crippen LogP contribution in [0.1, 0.15) is 17.3 Å². The summed E-state index contributed by atoms with van der Waals surface area (Å²) < 4.78 is 18.5. The van der Waals surface area contributed by atoms with Gasteiger partial charge >= 0.3 is 0 Å². The van der Waals surface area contributed by atoms with Crippen molar-refractivity contribution in [1.82, 2.24) is 4.57 Å². The second-order valence-corrected chi connectivity index (χ2v) is 7.14. The Labute approximate surface area is 168 Å². The van der Waals surface area contributed by atoms with Crippen molar-refractivity contribution < 1.29 is 23.9 Å². The second-order valence-electron chi connectivity index (χ2n) is 6.13. The summed E-state index contributed by atoms with van der Waals surface area (Å²) in [6.07, 6.45) is 0. The molecule has 3 aromatic rings. The lowest BCUT2D eigenvalue weighted by Gasteiger charge is -2.05. The fourth-order valence-corrected chi connectivity index (χ4v) is 4.05. The smallest absolute Gasteiger partial charge is 0.279 e. The molecular formula is C19H17N3O6S. The van der Waals surface area contributed by atoms with Gasteiger partial charge in [0.25, 0.3) is 11.6 Å². The fraction of sp³-hybridized carbons (Fsp3) is 0.263. The number of nitrogens with zero attached hydrogens (tertiary/aromatic N) is 3. The van der Waals surface area contributed by atoms with Gasteiger partial charge in [-0.15, -0.1) is 0 Å². The third kappa shape index (κ3) is 3.84. The average molecular weight is 415 g/mol. The predicted octanol–water partition coefficient (Wildman–Crippen LogP) is 3.12. The van der Waals surface area contributed by atoms with Crippen molar-refractivity contribution in [2.75, 3.05) is 20.0 Å². The molecule has 0 atom stereocenters. The fourth-order valence-electron chi connectivity index (χ4n) is 2.96. The summed E-state index contributed by atoms with van der Waals surface area (Å²) in [6.45, 7) is 3.49. The van der Waals surface area contributed by atoms with E-state index in [-0.39, 0.29) is 12.5 Å². The Kier molecular flexibility index (Phi) is 5.28. The van der Waals surface area contributed by atoms with Crippen LogP contribution < -0.4 is 14.3 Å². The van der Waals surface area contributed by atoms with Crippen molar-refractivity contribution in [3.8, 4) is 11.5 Å². The number of aromatic nitrogens is 1. The van der Waals surface area contributed by atoms with Crippen LogP contribution in [0.5, 0.6) is 11.5 Å². The molecule has 4 rings (SSSR count). The lowest BCUT2D eigenvalue weighted by molar-refractivity contribution is -0.384. The monoisotopic (exact) mass is 415 g/mol. The molecule has 29 heavy (non-hydrogen) atoms. The molecule has 0 saturated heterocycles. The molecule has 0 unspecified atom stereocenters. The van der Waals surface area contributed by atoms with Crippen molar-refractivity contribution in [2.24, 2.45) is 4.99 Å². The quantitative estimate of drug-likeness (QED) is 0.348. The largest absolute Gasteiger partial charge is 0.454 e. The van der Waals surface area contributed by atoms with Crippen LogP contribution in [0, 0.1) is 10.1 Å². The first-order chi connectivity index (χ1) is 14.1. The molecule has 0 radical (unpaired) electrons. The molecule has 10 heteroatoms. The van der Waals surface area contributed by atoms with Gasteiger partial charge in [0.05, 0.1) is 21.7 Å². The van der Waals surface area contributed by atoms with Crippen LogP contribution in [0.4, 0.5) is 5.69 Å². The number of amides is 1. The number of benzene rings is 2. The number of carbonyl (C=O) groups is 1. The molecule has 0 aliphatic carbocycles. The summed E-state index contributed by atoms with van der Waals surface area (Å²) in [7, 11) is 0. The minimum atomic E-state index is -0.446. The van der Waals surface area contributed by atoms with Crippen LogP contribution in [-0.4, -0.2) is 35.4 Å². The number of carbonyl (C=O) groups excluding carboxylic acids is 1. The Morgan fingerprint density at radius 3 is 2.90 bits per heavy atom. The van der Waals surface area contributed by atoms with Crippen molar-refractivity contribution in [2.45, 2.75) is 13.5 Å². The zero-order valence-electron chi connectivity index (χ0n) is 15.5. The molecule has 1 amide bonds. The molecule has 0 spiro atoms. The summed E-state index contributed by atoms with van der Waals surface area (Å²) >= 11 is 1.22.